The first-order valence-electron chi connectivity index (χ1n) is 7.27. The SMILES string of the molecule is O=C1C(=Cc2ccccc2N(O)O)CCCc2ccccc21. The van der Waals surface area contributed by atoms with E-state index >= 15 is 0 Å². The van der Waals surface area contributed by atoms with Crippen molar-refractivity contribution in [3.63, 3.8) is 0 Å². The number of carbonyl (C=O) groups is 1. The van der Waals surface area contributed by atoms with Crippen LogP contribution in [-0.4, -0.2) is 16.2 Å². The van der Waals surface area contributed by atoms with E-state index in [0.29, 0.717) is 17.6 Å². The van der Waals surface area contributed by atoms with E-state index < -0.39 is 0 Å². The van der Waals surface area contributed by atoms with Gasteiger partial charge >= 0.3 is 0 Å². The highest BCUT2D eigenvalue weighted by Gasteiger charge is 2.20. The molecular weight excluding hydrogens is 278 g/mol. The molecule has 22 heavy (non-hydrogen) atoms. The maximum atomic E-state index is 12.7. The van der Waals surface area contributed by atoms with Gasteiger partial charge in [0.15, 0.2) is 5.78 Å². The summed E-state index contributed by atoms with van der Waals surface area (Å²) in [6.07, 6.45) is 4.21. The van der Waals surface area contributed by atoms with Crippen molar-refractivity contribution in [2.45, 2.75) is 19.3 Å². The summed E-state index contributed by atoms with van der Waals surface area (Å²) in [6.45, 7) is 0. The largest absolute Gasteiger partial charge is 0.289 e. The Kier molecular flexibility index (Phi) is 4.04. The van der Waals surface area contributed by atoms with Gasteiger partial charge < -0.3 is 0 Å². The van der Waals surface area contributed by atoms with Gasteiger partial charge in [-0.25, -0.2) is 0 Å². The Bertz CT molecular complexity index is 735. The Hall–Kier alpha value is -2.43. The number of allylic oxidation sites excluding steroid dienone is 1. The average molecular weight is 295 g/mol. The fourth-order valence-corrected chi connectivity index (χ4v) is 2.83. The van der Waals surface area contributed by atoms with Crippen LogP contribution in [0.3, 0.4) is 0 Å². The molecule has 0 atom stereocenters. The first-order valence-corrected chi connectivity index (χ1v) is 7.27. The second-order valence-corrected chi connectivity index (χ2v) is 5.36. The lowest BCUT2D eigenvalue weighted by atomic mass is 9.98. The molecule has 1 aliphatic carbocycles. The molecule has 0 aromatic heterocycles. The number of carbonyl (C=O) groups excluding carboxylic acids is 1. The third-order valence-corrected chi connectivity index (χ3v) is 3.93. The second-order valence-electron chi connectivity index (χ2n) is 5.36. The Morgan fingerprint density at radius 3 is 2.50 bits per heavy atom. The van der Waals surface area contributed by atoms with E-state index in [1.54, 1.807) is 30.3 Å². The molecule has 4 nitrogen and oxygen atoms in total. The van der Waals surface area contributed by atoms with Crippen LogP contribution in [0.4, 0.5) is 5.69 Å². The van der Waals surface area contributed by atoms with Crippen LogP contribution >= 0.6 is 0 Å². The molecular formula is C18H17NO3. The van der Waals surface area contributed by atoms with E-state index in [9.17, 15) is 15.2 Å². The molecule has 2 aromatic rings. The number of fused-ring (bicyclic) bond motifs is 1. The second kappa shape index (κ2) is 6.13. The summed E-state index contributed by atoms with van der Waals surface area (Å²) in [4.78, 5) is 12.7. The molecule has 4 heteroatoms. The van der Waals surface area contributed by atoms with Gasteiger partial charge in [0.2, 0.25) is 0 Å². The first-order chi connectivity index (χ1) is 10.7. The van der Waals surface area contributed by atoms with Crippen molar-refractivity contribution >= 4 is 17.5 Å². The van der Waals surface area contributed by atoms with Gasteiger partial charge in [-0.3, -0.25) is 15.2 Å². The highest BCUT2D eigenvalue weighted by molar-refractivity contribution is 6.12. The third kappa shape index (κ3) is 2.79. The number of rotatable bonds is 2. The molecule has 112 valence electrons. The molecule has 0 radical (unpaired) electrons. The van der Waals surface area contributed by atoms with Crippen LogP contribution in [0.25, 0.3) is 6.08 Å². The van der Waals surface area contributed by atoms with Crippen LogP contribution in [0.1, 0.15) is 34.3 Å². The number of hydrogen-bond donors (Lipinski definition) is 2. The molecule has 0 aliphatic heterocycles. The number of anilines is 1. The highest BCUT2D eigenvalue weighted by Crippen LogP contribution is 2.28. The molecule has 0 unspecified atom stereocenters. The van der Waals surface area contributed by atoms with Crippen molar-refractivity contribution in [3.05, 3.63) is 70.8 Å². The lowest BCUT2D eigenvalue weighted by Gasteiger charge is -2.12. The summed E-state index contributed by atoms with van der Waals surface area (Å²) in [5.74, 6) is 0.0188. The highest BCUT2D eigenvalue weighted by atomic mass is 16.8. The van der Waals surface area contributed by atoms with Crippen molar-refractivity contribution < 1.29 is 15.2 Å². The number of nitrogens with zero attached hydrogens (tertiary/aromatic N) is 1. The number of aryl methyl sites for hydroxylation is 1. The smallest absolute Gasteiger partial charge is 0.189 e. The lowest BCUT2D eigenvalue weighted by Crippen LogP contribution is -2.12. The molecule has 3 rings (SSSR count). The van der Waals surface area contributed by atoms with Crippen molar-refractivity contribution in [2.24, 2.45) is 0 Å². The predicted molar refractivity (Wildman–Crippen MR) is 84.2 cm³/mol. The topological polar surface area (TPSA) is 60.8 Å². The molecule has 1 aliphatic rings. The Morgan fingerprint density at radius 1 is 0.955 bits per heavy atom. The standard InChI is InChI=1S/C18H17NO3/c20-18-15(9-5-8-13-6-1-3-10-16(13)18)12-14-7-2-4-11-17(14)19(21)22/h1-4,6-7,10-12,21-22H,5,8-9H2. The van der Waals surface area contributed by atoms with Gasteiger partial charge in [0.25, 0.3) is 0 Å². The molecule has 2 aromatic carbocycles. The maximum absolute atomic E-state index is 12.7. The summed E-state index contributed by atoms with van der Waals surface area (Å²) in [6, 6.07) is 14.5. The molecule has 2 N–H and O–H groups in total. The van der Waals surface area contributed by atoms with E-state index in [1.165, 1.54) is 0 Å². The van der Waals surface area contributed by atoms with Gasteiger partial charge in [-0.2, -0.15) is 0 Å². The number of Topliss-reactive ketones (excluding diaryl/α,β-unsaturated/α-hetero) is 1. The number of benzene rings is 2. The summed E-state index contributed by atoms with van der Waals surface area (Å²) in [5.41, 5.74) is 3.37. The van der Waals surface area contributed by atoms with E-state index in [-0.39, 0.29) is 16.7 Å². The maximum Gasteiger partial charge on any atom is 0.189 e. The van der Waals surface area contributed by atoms with Gasteiger partial charge in [0, 0.05) is 16.7 Å². The van der Waals surface area contributed by atoms with Gasteiger partial charge in [-0.05, 0) is 37.0 Å². The molecule has 0 heterocycles. The van der Waals surface area contributed by atoms with Gasteiger partial charge in [0.1, 0.15) is 5.69 Å². The quantitative estimate of drug-likeness (QED) is 0.501. The third-order valence-electron chi connectivity index (χ3n) is 3.93. The minimum atomic E-state index is 0.0188. The summed E-state index contributed by atoms with van der Waals surface area (Å²) in [7, 11) is 0. The molecule has 0 fully saturated rings. The van der Waals surface area contributed by atoms with Gasteiger partial charge in [-0.15, -0.1) is 5.23 Å². The lowest BCUT2D eigenvalue weighted by molar-refractivity contribution is 0.0290. The molecule has 0 spiro atoms. The summed E-state index contributed by atoms with van der Waals surface area (Å²) in [5, 5.41) is 18.7. The summed E-state index contributed by atoms with van der Waals surface area (Å²) >= 11 is 0. The van der Waals surface area contributed by atoms with Crippen molar-refractivity contribution in [1.82, 2.24) is 0 Å². The predicted octanol–water partition coefficient (Wildman–Crippen LogP) is 3.87. The molecule has 0 saturated carbocycles. The fraction of sp³-hybridized carbons (Fsp3) is 0.167. The van der Waals surface area contributed by atoms with Crippen molar-refractivity contribution in [1.29, 1.82) is 0 Å². The van der Waals surface area contributed by atoms with Crippen molar-refractivity contribution in [3.8, 4) is 0 Å². The van der Waals surface area contributed by atoms with Crippen LogP contribution in [0.15, 0.2) is 54.1 Å². The summed E-state index contributed by atoms with van der Waals surface area (Å²) < 4.78 is 0. The van der Waals surface area contributed by atoms with Crippen LogP contribution in [-0.2, 0) is 6.42 Å². The monoisotopic (exact) mass is 295 g/mol. The van der Waals surface area contributed by atoms with Crippen LogP contribution in [0.2, 0.25) is 0 Å². The van der Waals surface area contributed by atoms with Gasteiger partial charge in [0.05, 0.1) is 0 Å². The molecule has 0 amide bonds. The Balaban J connectivity index is 2.04. The normalized spacial score (nSPS) is 16.3. The van der Waals surface area contributed by atoms with Gasteiger partial charge in [-0.1, -0.05) is 42.5 Å². The molecule has 0 saturated heterocycles. The van der Waals surface area contributed by atoms with E-state index in [0.717, 1.165) is 24.0 Å². The van der Waals surface area contributed by atoms with Crippen LogP contribution in [0.5, 0.6) is 0 Å². The number of para-hydroxylation sites is 1. The zero-order valence-corrected chi connectivity index (χ0v) is 12.1. The zero-order chi connectivity index (χ0) is 15.5. The van der Waals surface area contributed by atoms with Crippen LogP contribution < -0.4 is 5.23 Å². The van der Waals surface area contributed by atoms with E-state index in [4.69, 9.17) is 0 Å². The van der Waals surface area contributed by atoms with E-state index in [2.05, 4.69) is 0 Å². The number of hydrogen-bond acceptors (Lipinski definition) is 4. The van der Waals surface area contributed by atoms with E-state index in [1.807, 2.05) is 24.3 Å². The minimum Gasteiger partial charge on any atom is -0.289 e. The molecule has 0 bridgehead atoms. The first kappa shape index (κ1) is 14.5. The van der Waals surface area contributed by atoms with Crippen molar-refractivity contribution in [2.75, 3.05) is 5.23 Å². The zero-order valence-electron chi connectivity index (χ0n) is 12.1. The fourth-order valence-electron chi connectivity index (χ4n) is 2.83. The van der Waals surface area contributed by atoms with Crippen LogP contribution in [0, 0.1) is 0 Å². The minimum absolute atomic E-state index is 0.0188. The number of ketones is 1. The Morgan fingerprint density at radius 2 is 1.68 bits per heavy atom. The Labute approximate surface area is 128 Å². The average Bonchev–Trinajstić information content (AvgIpc) is 2.68.